The first-order valence-corrected chi connectivity index (χ1v) is 8.41. The molecule has 1 aliphatic heterocycles. The topological polar surface area (TPSA) is 61.8 Å². The molecule has 0 atom stereocenters. The Balaban J connectivity index is 2.44. The molecule has 0 amide bonds. The summed E-state index contributed by atoms with van der Waals surface area (Å²) in [6.45, 7) is 4.57. The molecule has 0 saturated heterocycles. The van der Waals surface area contributed by atoms with E-state index in [-0.39, 0.29) is 11.2 Å². The number of fused-ring (bicyclic) bond motifs is 1. The zero-order chi connectivity index (χ0) is 15.1. The molecule has 0 saturated carbocycles. The molecule has 0 aromatic carbocycles. The van der Waals surface area contributed by atoms with E-state index in [4.69, 9.17) is 0 Å². The predicted octanol–water partition coefficient (Wildman–Crippen LogP) is 1.34. The zero-order valence-corrected chi connectivity index (χ0v) is 13.2. The van der Waals surface area contributed by atoms with Crippen LogP contribution < -0.4 is 11.2 Å². The summed E-state index contributed by atoms with van der Waals surface area (Å²) in [5.74, 6) is 0. The average molecular weight is 306 g/mol. The molecular weight excluding hydrogens is 288 g/mol. The number of imidazole rings is 1. The number of thiol groups is 1. The number of rotatable bonds is 3. The molecule has 0 bridgehead atoms. The molecule has 0 fully saturated rings. The fraction of sp³-hybridized carbons (Fsp3) is 0.357. The van der Waals surface area contributed by atoms with Crippen molar-refractivity contribution in [1.29, 1.82) is 0 Å². The molecule has 0 aliphatic carbocycles. The number of nitrogens with zero attached hydrogens (tertiary/aromatic N) is 4. The fourth-order valence-electron chi connectivity index (χ4n) is 2.64. The molecule has 0 unspecified atom stereocenters. The van der Waals surface area contributed by atoms with Crippen LogP contribution in [0, 0.1) is 0 Å². The number of hydrogen-bond donors (Lipinski definition) is 1. The van der Waals surface area contributed by atoms with Crippen molar-refractivity contribution in [3.8, 4) is 0 Å². The van der Waals surface area contributed by atoms with Crippen LogP contribution in [0.3, 0.4) is 0 Å². The van der Waals surface area contributed by atoms with Crippen LogP contribution in [0.4, 0.5) is 0 Å². The monoisotopic (exact) mass is 306 g/mol. The van der Waals surface area contributed by atoms with E-state index in [2.05, 4.69) is 15.8 Å². The van der Waals surface area contributed by atoms with Gasteiger partial charge in [-0.3, -0.25) is 13.9 Å². The van der Waals surface area contributed by atoms with Crippen molar-refractivity contribution in [3.63, 3.8) is 0 Å². The Kier molecular flexibility index (Phi) is 3.36. The fourth-order valence-corrected chi connectivity index (χ4v) is 4.24. The Morgan fingerprint density at radius 3 is 2.29 bits per heavy atom. The van der Waals surface area contributed by atoms with Gasteiger partial charge in [0.05, 0.1) is 0 Å². The standard InChI is InChI=1S/C14H18N4O2S/c1-4-17-11-10(12(19)18(5-2)14(17)20)15-13(16(11)3)21-8-6-7-9-21/h6-9,21H,4-5H2,1-3H3. The molecule has 2 aromatic rings. The van der Waals surface area contributed by atoms with E-state index >= 15 is 0 Å². The minimum Gasteiger partial charge on any atom is -0.309 e. The zero-order valence-electron chi connectivity index (χ0n) is 12.3. The van der Waals surface area contributed by atoms with Crippen LogP contribution in [-0.2, 0) is 20.1 Å². The van der Waals surface area contributed by atoms with E-state index in [0.717, 1.165) is 5.16 Å². The number of aromatic nitrogens is 4. The Morgan fingerprint density at radius 1 is 1.10 bits per heavy atom. The van der Waals surface area contributed by atoms with Gasteiger partial charge in [0, 0.05) is 20.1 Å². The van der Waals surface area contributed by atoms with Gasteiger partial charge in [0.25, 0.3) is 5.56 Å². The average Bonchev–Trinajstić information content (AvgIpc) is 3.09. The molecule has 3 rings (SSSR count). The molecule has 0 N–H and O–H groups in total. The van der Waals surface area contributed by atoms with Gasteiger partial charge in [-0.25, -0.2) is 9.78 Å². The highest BCUT2D eigenvalue weighted by atomic mass is 32.2. The second-order valence-corrected chi connectivity index (χ2v) is 6.62. The smallest absolute Gasteiger partial charge is 0.309 e. The first-order chi connectivity index (χ1) is 10.1. The van der Waals surface area contributed by atoms with Gasteiger partial charge in [-0.15, -0.1) is 0 Å². The summed E-state index contributed by atoms with van der Waals surface area (Å²) < 4.78 is 4.75. The van der Waals surface area contributed by atoms with Gasteiger partial charge >= 0.3 is 5.69 Å². The maximum atomic E-state index is 12.5. The van der Waals surface area contributed by atoms with Crippen LogP contribution in [0.2, 0.25) is 0 Å². The van der Waals surface area contributed by atoms with Gasteiger partial charge in [0.2, 0.25) is 0 Å². The largest absolute Gasteiger partial charge is 0.332 e. The van der Waals surface area contributed by atoms with Crippen molar-refractivity contribution in [2.24, 2.45) is 7.05 Å². The molecule has 2 aromatic heterocycles. The number of hydrogen-bond acceptors (Lipinski definition) is 3. The molecule has 112 valence electrons. The highest BCUT2D eigenvalue weighted by molar-refractivity contribution is 8.22. The Hall–Kier alpha value is -2.02. The third-order valence-electron chi connectivity index (χ3n) is 3.67. The maximum absolute atomic E-state index is 12.5. The van der Waals surface area contributed by atoms with Crippen LogP contribution in [0.5, 0.6) is 0 Å². The lowest BCUT2D eigenvalue weighted by molar-refractivity contribution is 0.598. The summed E-state index contributed by atoms with van der Waals surface area (Å²) in [7, 11) is 1.24. The first-order valence-electron chi connectivity index (χ1n) is 6.93. The predicted molar refractivity (Wildman–Crippen MR) is 86.1 cm³/mol. The van der Waals surface area contributed by atoms with Crippen LogP contribution in [0.25, 0.3) is 11.2 Å². The highest BCUT2D eigenvalue weighted by Crippen LogP contribution is 2.41. The lowest BCUT2D eigenvalue weighted by Gasteiger charge is -2.12. The molecule has 21 heavy (non-hydrogen) atoms. The second-order valence-electron chi connectivity index (χ2n) is 4.81. The lowest BCUT2D eigenvalue weighted by Crippen LogP contribution is -2.39. The molecule has 1 aliphatic rings. The second kappa shape index (κ2) is 5.07. The van der Waals surface area contributed by atoms with Gasteiger partial charge in [0.1, 0.15) is 0 Å². The number of aryl methyl sites for hydroxylation is 2. The molecule has 6 nitrogen and oxygen atoms in total. The molecule has 3 heterocycles. The van der Waals surface area contributed by atoms with E-state index in [1.807, 2.05) is 30.7 Å². The van der Waals surface area contributed by atoms with Crippen LogP contribution in [0.1, 0.15) is 13.8 Å². The van der Waals surface area contributed by atoms with Crippen molar-refractivity contribution >= 4 is 22.1 Å². The minimum absolute atomic E-state index is 0.266. The number of allylic oxidation sites excluding steroid dienone is 2. The van der Waals surface area contributed by atoms with Crippen molar-refractivity contribution in [2.75, 3.05) is 0 Å². The summed E-state index contributed by atoms with van der Waals surface area (Å²) in [6, 6.07) is 0. The van der Waals surface area contributed by atoms with Gasteiger partial charge in [-0.1, -0.05) is 12.2 Å². The van der Waals surface area contributed by atoms with Crippen molar-refractivity contribution in [1.82, 2.24) is 18.7 Å². The van der Waals surface area contributed by atoms with Crippen LogP contribution in [-0.4, -0.2) is 18.7 Å². The highest BCUT2D eigenvalue weighted by Gasteiger charge is 2.20. The Morgan fingerprint density at radius 2 is 1.71 bits per heavy atom. The quantitative estimate of drug-likeness (QED) is 0.871. The summed E-state index contributed by atoms with van der Waals surface area (Å²) in [5, 5.41) is 5.02. The third-order valence-corrected chi connectivity index (χ3v) is 5.52. The Bertz CT molecular complexity index is 873. The van der Waals surface area contributed by atoms with E-state index in [1.165, 1.54) is 4.57 Å². The van der Waals surface area contributed by atoms with E-state index < -0.39 is 10.9 Å². The third kappa shape index (κ3) is 1.91. The normalized spacial score (nSPS) is 15.5. The minimum atomic E-state index is -0.634. The maximum Gasteiger partial charge on any atom is 0.332 e. The van der Waals surface area contributed by atoms with Crippen LogP contribution >= 0.6 is 10.9 Å². The summed E-state index contributed by atoms with van der Waals surface area (Å²) in [6.07, 6.45) is 3.98. The molecule has 7 heteroatoms. The molecular formula is C14H18N4O2S. The first kappa shape index (κ1) is 13.9. The van der Waals surface area contributed by atoms with Gasteiger partial charge in [-0.05, 0) is 24.7 Å². The van der Waals surface area contributed by atoms with Crippen molar-refractivity contribution in [3.05, 3.63) is 43.8 Å². The Labute approximate surface area is 124 Å². The van der Waals surface area contributed by atoms with E-state index in [0.29, 0.717) is 24.3 Å². The van der Waals surface area contributed by atoms with E-state index in [9.17, 15) is 9.59 Å². The SMILES string of the molecule is CCn1c(=O)c2nc([SH]3C=CC=C3)n(C)c2n(CC)c1=O. The van der Waals surface area contributed by atoms with Gasteiger partial charge < -0.3 is 4.57 Å². The van der Waals surface area contributed by atoms with Gasteiger partial charge in [0.15, 0.2) is 16.3 Å². The lowest BCUT2D eigenvalue weighted by atomic mass is 10.5. The van der Waals surface area contributed by atoms with Crippen LogP contribution in [0.15, 0.2) is 37.7 Å². The molecule has 0 spiro atoms. The summed E-state index contributed by atoms with van der Waals surface area (Å²) >= 11 is 0. The summed E-state index contributed by atoms with van der Waals surface area (Å²) in [4.78, 5) is 29.4. The van der Waals surface area contributed by atoms with Crippen molar-refractivity contribution in [2.45, 2.75) is 32.1 Å². The van der Waals surface area contributed by atoms with Crippen molar-refractivity contribution < 1.29 is 0 Å². The summed E-state index contributed by atoms with van der Waals surface area (Å²) in [5.41, 5.74) is 0.430. The molecule has 0 radical (unpaired) electrons. The van der Waals surface area contributed by atoms with E-state index in [1.54, 1.807) is 11.5 Å². The van der Waals surface area contributed by atoms with Gasteiger partial charge in [-0.2, -0.15) is 10.9 Å².